The first-order valence-corrected chi connectivity index (χ1v) is 5.20. The fourth-order valence-corrected chi connectivity index (χ4v) is 1.76. The van der Waals surface area contributed by atoms with Crippen molar-refractivity contribution in [2.45, 2.75) is 13.3 Å². The molecule has 0 aromatic carbocycles. The van der Waals surface area contributed by atoms with Gasteiger partial charge in [-0.25, -0.2) is 4.98 Å². The molecule has 0 atom stereocenters. The smallest absolute Gasteiger partial charge is 0.271 e. The molecule has 6 nitrogen and oxygen atoms in total. The summed E-state index contributed by atoms with van der Waals surface area (Å²) < 4.78 is 3.74. The summed E-state index contributed by atoms with van der Waals surface area (Å²) in [7, 11) is 0. The maximum Gasteiger partial charge on any atom is 0.271 e. The van der Waals surface area contributed by atoms with Crippen LogP contribution in [0.5, 0.6) is 0 Å². The number of carbonyl (C=O) groups excluding carboxylic acids is 1. The van der Waals surface area contributed by atoms with Crippen LogP contribution in [-0.4, -0.2) is 25.5 Å². The number of hydrogen-bond donors (Lipinski definition) is 2. The van der Waals surface area contributed by atoms with Crippen LogP contribution in [0.25, 0.3) is 0 Å². The predicted molar refractivity (Wildman–Crippen MR) is 55.8 cm³/mol. The van der Waals surface area contributed by atoms with E-state index in [1.165, 1.54) is 0 Å². The molecule has 0 bridgehead atoms. The predicted octanol–water partition coefficient (Wildman–Crippen LogP) is 1.08. The second-order valence-corrected chi connectivity index (χ2v) is 3.55. The van der Waals surface area contributed by atoms with Crippen LogP contribution in [0, 0.1) is 0 Å². The summed E-state index contributed by atoms with van der Waals surface area (Å²) >= 11 is 1.09. The Kier molecular flexibility index (Phi) is 2.72. The number of carbonyl (C=O) groups is 1. The largest absolute Gasteiger partial charge is 0.331 e. The van der Waals surface area contributed by atoms with Crippen LogP contribution in [0.1, 0.15) is 22.3 Å². The van der Waals surface area contributed by atoms with Gasteiger partial charge in [0.2, 0.25) is 5.95 Å². The topological polar surface area (TPSA) is 83.6 Å². The summed E-state index contributed by atoms with van der Waals surface area (Å²) in [5.41, 5.74) is 0.712. The van der Waals surface area contributed by atoms with Crippen molar-refractivity contribution < 1.29 is 4.79 Å². The van der Waals surface area contributed by atoms with Gasteiger partial charge in [-0.05, 0) is 18.0 Å². The molecule has 2 aromatic rings. The van der Waals surface area contributed by atoms with Crippen LogP contribution in [0.2, 0.25) is 0 Å². The number of H-pyrrole nitrogens is 1. The number of aryl methyl sites for hydroxylation is 1. The van der Waals surface area contributed by atoms with Crippen LogP contribution in [0.15, 0.2) is 12.4 Å². The monoisotopic (exact) mass is 223 g/mol. The average molecular weight is 223 g/mol. The van der Waals surface area contributed by atoms with Gasteiger partial charge in [0.05, 0.1) is 5.69 Å². The minimum absolute atomic E-state index is 0.225. The van der Waals surface area contributed by atoms with Crippen molar-refractivity contribution in [3.8, 4) is 0 Å². The second kappa shape index (κ2) is 4.18. The molecule has 2 heterocycles. The van der Waals surface area contributed by atoms with Crippen molar-refractivity contribution in [2.24, 2.45) is 0 Å². The van der Waals surface area contributed by atoms with E-state index in [1.807, 2.05) is 6.92 Å². The molecule has 0 radical (unpaired) electrons. The Morgan fingerprint density at radius 3 is 3.20 bits per heavy atom. The normalized spacial score (nSPS) is 10.2. The van der Waals surface area contributed by atoms with Crippen LogP contribution in [0.4, 0.5) is 5.95 Å². The number of imidazole rings is 1. The third-order valence-electron chi connectivity index (χ3n) is 1.83. The van der Waals surface area contributed by atoms with Crippen molar-refractivity contribution in [1.82, 2.24) is 19.6 Å². The van der Waals surface area contributed by atoms with E-state index in [1.54, 1.807) is 12.4 Å². The van der Waals surface area contributed by atoms with Gasteiger partial charge in [-0.1, -0.05) is 11.4 Å². The zero-order valence-electron chi connectivity index (χ0n) is 8.02. The third-order valence-corrected chi connectivity index (χ3v) is 2.59. The highest BCUT2D eigenvalue weighted by molar-refractivity contribution is 7.08. The highest BCUT2D eigenvalue weighted by Crippen LogP contribution is 2.12. The minimum atomic E-state index is -0.225. The van der Waals surface area contributed by atoms with Gasteiger partial charge in [0, 0.05) is 12.4 Å². The number of hydrogen-bond acceptors (Lipinski definition) is 5. The molecule has 0 fully saturated rings. The van der Waals surface area contributed by atoms with Crippen LogP contribution in [0.3, 0.4) is 0 Å². The standard InChI is InChI=1S/C8H9N5OS/c1-2-5-6(15-13-12-5)7(14)11-8-9-3-4-10-8/h3-4H,2H2,1H3,(H2,9,10,11,14). The zero-order chi connectivity index (χ0) is 10.7. The lowest BCUT2D eigenvalue weighted by Gasteiger charge is -1.99. The van der Waals surface area contributed by atoms with Gasteiger partial charge in [0.25, 0.3) is 5.91 Å². The highest BCUT2D eigenvalue weighted by atomic mass is 32.1. The van der Waals surface area contributed by atoms with E-state index in [4.69, 9.17) is 0 Å². The maximum atomic E-state index is 11.7. The molecule has 0 spiro atoms. The minimum Gasteiger partial charge on any atom is -0.331 e. The molecule has 15 heavy (non-hydrogen) atoms. The molecule has 0 aliphatic heterocycles. The molecular weight excluding hydrogens is 214 g/mol. The first-order chi connectivity index (χ1) is 7.31. The molecule has 7 heteroatoms. The molecule has 0 unspecified atom stereocenters. The fraction of sp³-hybridized carbons (Fsp3) is 0.250. The Labute approximate surface area is 89.9 Å². The zero-order valence-corrected chi connectivity index (χ0v) is 8.84. The van der Waals surface area contributed by atoms with Crippen molar-refractivity contribution >= 4 is 23.4 Å². The van der Waals surface area contributed by atoms with E-state index in [9.17, 15) is 4.79 Å². The molecular formula is C8H9N5OS. The molecule has 0 aliphatic rings. The number of nitrogens with one attached hydrogen (secondary N) is 2. The van der Waals surface area contributed by atoms with Crippen LogP contribution < -0.4 is 5.32 Å². The Hall–Kier alpha value is -1.76. The van der Waals surface area contributed by atoms with Gasteiger partial charge < -0.3 is 4.98 Å². The molecule has 0 saturated carbocycles. The lowest BCUT2D eigenvalue weighted by molar-refractivity contribution is 0.102. The molecule has 0 aliphatic carbocycles. The van der Waals surface area contributed by atoms with Crippen molar-refractivity contribution in [1.29, 1.82) is 0 Å². The van der Waals surface area contributed by atoms with Gasteiger partial charge in [-0.3, -0.25) is 10.1 Å². The molecule has 0 saturated heterocycles. The van der Waals surface area contributed by atoms with E-state index in [2.05, 4.69) is 24.9 Å². The number of aromatic nitrogens is 4. The van der Waals surface area contributed by atoms with E-state index in [-0.39, 0.29) is 5.91 Å². The van der Waals surface area contributed by atoms with Gasteiger partial charge in [0.1, 0.15) is 4.88 Å². The van der Waals surface area contributed by atoms with Crippen LogP contribution in [-0.2, 0) is 6.42 Å². The van der Waals surface area contributed by atoms with Crippen LogP contribution >= 0.6 is 11.5 Å². The van der Waals surface area contributed by atoms with Crippen molar-refractivity contribution in [3.05, 3.63) is 23.0 Å². The summed E-state index contributed by atoms with van der Waals surface area (Å²) in [6.07, 6.45) is 3.90. The van der Waals surface area contributed by atoms with Gasteiger partial charge in [0.15, 0.2) is 0 Å². The molecule has 1 amide bonds. The maximum absolute atomic E-state index is 11.7. The molecule has 2 rings (SSSR count). The van der Waals surface area contributed by atoms with Crippen molar-refractivity contribution in [2.75, 3.05) is 5.32 Å². The lowest BCUT2D eigenvalue weighted by atomic mass is 10.3. The molecule has 2 aromatic heterocycles. The Balaban J connectivity index is 2.15. The average Bonchev–Trinajstić information content (AvgIpc) is 2.86. The summed E-state index contributed by atoms with van der Waals surface area (Å²) in [6, 6.07) is 0. The lowest BCUT2D eigenvalue weighted by Crippen LogP contribution is -2.13. The number of amides is 1. The van der Waals surface area contributed by atoms with E-state index >= 15 is 0 Å². The van der Waals surface area contributed by atoms with Crippen molar-refractivity contribution in [3.63, 3.8) is 0 Å². The number of aromatic amines is 1. The van der Waals surface area contributed by atoms with E-state index in [0.717, 1.165) is 11.5 Å². The molecule has 2 N–H and O–H groups in total. The fourth-order valence-electron chi connectivity index (χ4n) is 1.11. The summed E-state index contributed by atoms with van der Waals surface area (Å²) in [4.78, 5) is 18.9. The van der Waals surface area contributed by atoms with E-state index in [0.29, 0.717) is 22.9 Å². The summed E-state index contributed by atoms with van der Waals surface area (Å²) in [5, 5.41) is 6.49. The summed E-state index contributed by atoms with van der Waals surface area (Å²) in [6.45, 7) is 1.93. The van der Waals surface area contributed by atoms with E-state index < -0.39 is 0 Å². The number of anilines is 1. The summed E-state index contributed by atoms with van der Waals surface area (Å²) in [5.74, 6) is 0.201. The van der Waals surface area contributed by atoms with Gasteiger partial charge >= 0.3 is 0 Å². The van der Waals surface area contributed by atoms with Gasteiger partial charge in [-0.15, -0.1) is 5.10 Å². The quantitative estimate of drug-likeness (QED) is 0.815. The Bertz CT molecular complexity index is 449. The second-order valence-electron chi connectivity index (χ2n) is 2.79. The van der Waals surface area contributed by atoms with Gasteiger partial charge in [-0.2, -0.15) is 0 Å². The SMILES string of the molecule is CCc1nnsc1C(=O)Nc1ncc[nH]1. The first kappa shape index (κ1) is 9.78. The Morgan fingerprint density at radius 1 is 1.67 bits per heavy atom. The third kappa shape index (κ3) is 2.01. The molecule has 78 valence electrons. The highest BCUT2D eigenvalue weighted by Gasteiger charge is 2.15. The first-order valence-electron chi connectivity index (χ1n) is 4.43. The number of rotatable bonds is 3. The Morgan fingerprint density at radius 2 is 2.53 bits per heavy atom. The number of nitrogens with zero attached hydrogens (tertiary/aromatic N) is 3.